The highest BCUT2D eigenvalue weighted by Crippen LogP contribution is 2.28. The van der Waals surface area contributed by atoms with Crippen molar-refractivity contribution in [1.29, 1.82) is 0 Å². The minimum atomic E-state index is 0.771. The molecule has 0 aromatic heterocycles. The number of ether oxygens (including phenoxy) is 1. The van der Waals surface area contributed by atoms with E-state index in [0.29, 0.717) is 0 Å². The van der Waals surface area contributed by atoms with E-state index in [1.165, 1.54) is 25.1 Å². The van der Waals surface area contributed by atoms with Crippen molar-refractivity contribution in [2.75, 3.05) is 51.2 Å². The van der Waals surface area contributed by atoms with E-state index in [1.54, 1.807) is 0 Å². The first kappa shape index (κ1) is 12.8. The van der Waals surface area contributed by atoms with Crippen LogP contribution in [0.5, 0.6) is 5.75 Å². The topological polar surface area (TPSA) is 36.5 Å². The summed E-state index contributed by atoms with van der Waals surface area (Å²) in [5.74, 6) is 0.994. The van der Waals surface area contributed by atoms with Crippen LogP contribution in [0.3, 0.4) is 0 Å². The van der Waals surface area contributed by atoms with Crippen LogP contribution in [0.2, 0.25) is 0 Å². The number of hydrogen-bond acceptors (Lipinski definition) is 4. The van der Waals surface area contributed by atoms with Crippen molar-refractivity contribution in [3.8, 4) is 5.75 Å². The standard InChI is InChI=1S/C15H23N3O/c1-5-16-6-10-18(8-1)9-4-13-2-3-15-14(12-13)17-7-11-19-15/h2-3,12,16-17H,1,4-11H2. The molecule has 2 aliphatic rings. The molecule has 0 unspecified atom stereocenters. The van der Waals surface area contributed by atoms with Crippen LogP contribution in [0.1, 0.15) is 12.0 Å². The molecular formula is C15H23N3O. The van der Waals surface area contributed by atoms with Crippen molar-refractivity contribution in [2.45, 2.75) is 12.8 Å². The number of rotatable bonds is 3. The van der Waals surface area contributed by atoms with Gasteiger partial charge in [0, 0.05) is 26.2 Å². The third-order valence-electron chi connectivity index (χ3n) is 3.87. The summed E-state index contributed by atoms with van der Waals surface area (Å²) in [7, 11) is 0. The summed E-state index contributed by atoms with van der Waals surface area (Å²) < 4.78 is 5.61. The van der Waals surface area contributed by atoms with E-state index >= 15 is 0 Å². The lowest BCUT2D eigenvalue weighted by atomic mass is 10.1. The van der Waals surface area contributed by atoms with E-state index in [-0.39, 0.29) is 0 Å². The summed E-state index contributed by atoms with van der Waals surface area (Å²) in [6.45, 7) is 7.52. The second-order valence-corrected chi connectivity index (χ2v) is 5.30. The maximum Gasteiger partial charge on any atom is 0.142 e. The SMILES string of the molecule is c1cc2c(cc1CCN1CCCNCC1)NCCO2. The fraction of sp³-hybridized carbons (Fsp3) is 0.600. The molecule has 0 amide bonds. The zero-order valence-electron chi connectivity index (χ0n) is 11.5. The Hall–Kier alpha value is -1.26. The molecular weight excluding hydrogens is 238 g/mol. The molecule has 0 atom stereocenters. The molecule has 1 fully saturated rings. The normalized spacial score (nSPS) is 20.0. The maximum atomic E-state index is 5.61. The second kappa shape index (κ2) is 6.26. The lowest BCUT2D eigenvalue weighted by Gasteiger charge is -2.21. The lowest BCUT2D eigenvalue weighted by molar-refractivity contribution is 0.296. The molecule has 4 heteroatoms. The number of fused-ring (bicyclic) bond motifs is 1. The maximum absolute atomic E-state index is 5.61. The highest BCUT2D eigenvalue weighted by atomic mass is 16.5. The van der Waals surface area contributed by atoms with Gasteiger partial charge in [0.1, 0.15) is 12.4 Å². The van der Waals surface area contributed by atoms with Gasteiger partial charge in [0.05, 0.1) is 5.69 Å². The molecule has 19 heavy (non-hydrogen) atoms. The van der Waals surface area contributed by atoms with Gasteiger partial charge in [0.2, 0.25) is 0 Å². The first-order chi connectivity index (χ1) is 9.42. The highest BCUT2D eigenvalue weighted by molar-refractivity contribution is 5.59. The quantitative estimate of drug-likeness (QED) is 0.860. The van der Waals surface area contributed by atoms with Crippen molar-refractivity contribution in [1.82, 2.24) is 10.2 Å². The van der Waals surface area contributed by atoms with Gasteiger partial charge in [-0.15, -0.1) is 0 Å². The van der Waals surface area contributed by atoms with Crippen molar-refractivity contribution in [2.24, 2.45) is 0 Å². The zero-order valence-corrected chi connectivity index (χ0v) is 11.5. The molecule has 1 aromatic carbocycles. The average molecular weight is 261 g/mol. The Morgan fingerprint density at radius 2 is 2.16 bits per heavy atom. The predicted molar refractivity (Wildman–Crippen MR) is 78.1 cm³/mol. The van der Waals surface area contributed by atoms with E-state index in [1.807, 2.05) is 0 Å². The van der Waals surface area contributed by atoms with Crippen LogP contribution in [0.4, 0.5) is 5.69 Å². The van der Waals surface area contributed by atoms with E-state index < -0.39 is 0 Å². The molecule has 4 nitrogen and oxygen atoms in total. The predicted octanol–water partition coefficient (Wildman–Crippen LogP) is 1.33. The lowest BCUT2D eigenvalue weighted by Crippen LogP contribution is -2.30. The van der Waals surface area contributed by atoms with Crippen molar-refractivity contribution in [3.63, 3.8) is 0 Å². The molecule has 1 saturated heterocycles. The van der Waals surface area contributed by atoms with Crippen LogP contribution in [-0.4, -0.2) is 50.8 Å². The summed E-state index contributed by atoms with van der Waals surface area (Å²) in [5.41, 5.74) is 2.55. The van der Waals surface area contributed by atoms with Crippen LogP contribution < -0.4 is 15.4 Å². The van der Waals surface area contributed by atoms with Gasteiger partial charge in [-0.2, -0.15) is 0 Å². The third-order valence-corrected chi connectivity index (χ3v) is 3.87. The Balaban J connectivity index is 1.57. The highest BCUT2D eigenvalue weighted by Gasteiger charge is 2.11. The molecule has 0 bridgehead atoms. The summed E-state index contributed by atoms with van der Waals surface area (Å²) in [4.78, 5) is 2.56. The van der Waals surface area contributed by atoms with Gasteiger partial charge in [-0.25, -0.2) is 0 Å². The van der Waals surface area contributed by atoms with Crippen molar-refractivity contribution < 1.29 is 4.74 Å². The minimum Gasteiger partial charge on any atom is -0.490 e. The molecule has 0 saturated carbocycles. The molecule has 2 N–H and O–H groups in total. The first-order valence-electron chi connectivity index (χ1n) is 7.34. The van der Waals surface area contributed by atoms with Gasteiger partial charge >= 0.3 is 0 Å². The summed E-state index contributed by atoms with van der Waals surface area (Å²) in [6, 6.07) is 6.53. The monoisotopic (exact) mass is 261 g/mol. The second-order valence-electron chi connectivity index (χ2n) is 5.30. The Morgan fingerprint density at radius 1 is 1.16 bits per heavy atom. The van der Waals surface area contributed by atoms with Gasteiger partial charge in [0.15, 0.2) is 0 Å². The van der Waals surface area contributed by atoms with Gasteiger partial charge in [-0.3, -0.25) is 0 Å². The van der Waals surface area contributed by atoms with E-state index in [9.17, 15) is 0 Å². The fourth-order valence-electron chi connectivity index (χ4n) is 2.76. The van der Waals surface area contributed by atoms with E-state index in [0.717, 1.165) is 50.6 Å². The van der Waals surface area contributed by atoms with Crippen LogP contribution >= 0.6 is 0 Å². The minimum absolute atomic E-state index is 0.771. The number of nitrogens with zero attached hydrogens (tertiary/aromatic N) is 1. The molecule has 3 rings (SSSR count). The Kier molecular flexibility index (Phi) is 4.20. The summed E-state index contributed by atoms with van der Waals surface area (Å²) in [6.07, 6.45) is 2.38. The number of nitrogens with one attached hydrogen (secondary N) is 2. The van der Waals surface area contributed by atoms with Crippen molar-refractivity contribution in [3.05, 3.63) is 23.8 Å². The Labute approximate surface area is 115 Å². The number of anilines is 1. The van der Waals surface area contributed by atoms with E-state index in [2.05, 4.69) is 33.7 Å². The molecule has 104 valence electrons. The van der Waals surface area contributed by atoms with Gasteiger partial charge < -0.3 is 20.3 Å². The van der Waals surface area contributed by atoms with Gasteiger partial charge in [0.25, 0.3) is 0 Å². The van der Waals surface area contributed by atoms with Gasteiger partial charge in [-0.05, 0) is 43.6 Å². The first-order valence-corrected chi connectivity index (χ1v) is 7.34. The summed E-state index contributed by atoms with van der Waals surface area (Å²) in [5, 5.41) is 6.85. The van der Waals surface area contributed by atoms with Crippen molar-refractivity contribution >= 4 is 5.69 Å². The number of benzene rings is 1. The van der Waals surface area contributed by atoms with Crippen LogP contribution in [-0.2, 0) is 6.42 Å². The fourth-order valence-corrected chi connectivity index (χ4v) is 2.76. The molecule has 1 aromatic rings. The van der Waals surface area contributed by atoms with Crippen LogP contribution in [0, 0.1) is 0 Å². The van der Waals surface area contributed by atoms with Gasteiger partial charge in [-0.1, -0.05) is 6.07 Å². The molecule has 2 aliphatic heterocycles. The summed E-state index contributed by atoms with van der Waals surface area (Å²) >= 11 is 0. The molecule has 2 heterocycles. The average Bonchev–Trinajstić information content (AvgIpc) is 2.73. The molecule has 0 aliphatic carbocycles. The molecule has 0 radical (unpaired) electrons. The molecule has 0 spiro atoms. The Bertz CT molecular complexity index is 414. The van der Waals surface area contributed by atoms with Crippen LogP contribution in [0.15, 0.2) is 18.2 Å². The van der Waals surface area contributed by atoms with E-state index in [4.69, 9.17) is 4.74 Å². The third kappa shape index (κ3) is 3.39. The zero-order chi connectivity index (χ0) is 12.9. The smallest absolute Gasteiger partial charge is 0.142 e. The largest absolute Gasteiger partial charge is 0.490 e. The number of hydrogen-bond donors (Lipinski definition) is 2. The Morgan fingerprint density at radius 3 is 3.16 bits per heavy atom. The van der Waals surface area contributed by atoms with Crippen LogP contribution in [0.25, 0.3) is 0 Å².